The van der Waals surface area contributed by atoms with Gasteiger partial charge in [0.05, 0.1) is 12.7 Å². The molecule has 0 fully saturated rings. The number of hydrogen-bond acceptors (Lipinski definition) is 1. The van der Waals surface area contributed by atoms with Crippen LogP contribution in [-0.2, 0) is 11.3 Å². The van der Waals surface area contributed by atoms with Crippen LogP contribution in [0.2, 0.25) is 5.02 Å². The molecular weight excluding hydrogens is 310 g/mol. The number of benzene rings is 2. The lowest BCUT2D eigenvalue weighted by atomic mass is 10.2. The number of amides is 1. The van der Waals surface area contributed by atoms with Gasteiger partial charge in [0, 0.05) is 10.6 Å². The maximum absolute atomic E-state index is 13.6. The lowest BCUT2D eigenvalue weighted by Crippen LogP contribution is -3.08. The van der Waals surface area contributed by atoms with Gasteiger partial charge in [0.2, 0.25) is 0 Å². The number of carbonyl (C=O) groups excluding carboxylic acids is 1. The minimum Gasteiger partial charge on any atom is -0.326 e. The maximum atomic E-state index is 13.6. The minimum absolute atomic E-state index is 0.0381. The molecule has 1 atom stereocenters. The van der Waals surface area contributed by atoms with E-state index in [1.165, 1.54) is 24.3 Å². The molecule has 6 heteroatoms. The Morgan fingerprint density at radius 2 is 1.91 bits per heavy atom. The Morgan fingerprint density at radius 1 is 1.18 bits per heavy atom. The van der Waals surface area contributed by atoms with Gasteiger partial charge in [-0.05, 0) is 24.3 Å². The highest BCUT2D eigenvalue weighted by molar-refractivity contribution is 6.30. The highest BCUT2D eigenvalue weighted by atomic mass is 35.5. The molecule has 1 amide bonds. The summed E-state index contributed by atoms with van der Waals surface area (Å²) in [6, 6.07) is 10.4. The van der Waals surface area contributed by atoms with E-state index in [9.17, 15) is 13.6 Å². The number of nitrogens with one attached hydrogen (secondary N) is 2. The Balaban J connectivity index is 1.94. The molecule has 0 aromatic heterocycles. The molecule has 2 aromatic carbocycles. The third-order valence-corrected chi connectivity index (χ3v) is 3.35. The van der Waals surface area contributed by atoms with Crippen molar-refractivity contribution in [1.29, 1.82) is 0 Å². The Bertz CT molecular complexity index is 679. The summed E-state index contributed by atoms with van der Waals surface area (Å²) < 4.78 is 27.1. The molecule has 0 radical (unpaired) electrons. The van der Waals surface area contributed by atoms with Gasteiger partial charge in [-0.2, -0.15) is 0 Å². The van der Waals surface area contributed by atoms with Crippen LogP contribution in [0.4, 0.5) is 14.5 Å². The lowest BCUT2D eigenvalue weighted by molar-refractivity contribution is -0.885. The van der Waals surface area contributed by atoms with Crippen LogP contribution in [0.25, 0.3) is 0 Å². The molecule has 2 rings (SSSR count). The summed E-state index contributed by atoms with van der Waals surface area (Å²) in [7, 11) is 1.76. The summed E-state index contributed by atoms with van der Waals surface area (Å²) >= 11 is 5.77. The standard InChI is InChI=1S/C16H15ClF2N2O/c1-21(9-11-4-2-3-5-13(11)18)10-16(22)20-15-8-12(17)6-7-14(15)19/h2-8H,9-10H2,1H3,(H,20,22)/p+1. The van der Waals surface area contributed by atoms with Gasteiger partial charge >= 0.3 is 0 Å². The van der Waals surface area contributed by atoms with E-state index in [0.717, 1.165) is 4.90 Å². The molecule has 0 bridgehead atoms. The van der Waals surface area contributed by atoms with Crippen LogP contribution in [0.3, 0.4) is 0 Å². The van der Waals surface area contributed by atoms with E-state index in [2.05, 4.69) is 5.32 Å². The van der Waals surface area contributed by atoms with E-state index in [1.54, 1.807) is 25.2 Å². The SMILES string of the molecule is C[NH+](CC(=O)Nc1cc(Cl)ccc1F)Cc1ccccc1F. The van der Waals surface area contributed by atoms with Gasteiger partial charge in [0.1, 0.15) is 18.2 Å². The van der Waals surface area contributed by atoms with E-state index in [-0.39, 0.29) is 24.0 Å². The molecular formula is C16H16ClF2N2O+. The fraction of sp³-hybridized carbons (Fsp3) is 0.188. The number of quaternary nitrogens is 1. The molecule has 2 aromatic rings. The molecule has 116 valence electrons. The van der Waals surface area contributed by atoms with Crippen molar-refractivity contribution in [2.75, 3.05) is 18.9 Å². The Hall–Kier alpha value is -1.98. The molecule has 0 aliphatic carbocycles. The van der Waals surface area contributed by atoms with Crippen molar-refractivity contribution in [2.45, 2.75) is 6.54 Å². The molecule has 0 aliphatic heterocycles. The molecule has 0 saturated heterocycles. The number of hydrogen-bond donors (Lipinski definition) is 2. The first kappa shape index (κ1) is 16.4. The Morgan fingerprint density at radius 3 is 2.64 bits per heavy atom. The molecule has 3 nitrogen and oxygen atoms in total. The van der Waals surface area contributed by atoms with Crippen molar-refractivity contribution in [2.24, 2.45) is 0 Å². The summed E-state index contributed by atoms with van der Waals surface area (Å²) in [6.45, 7) is 0.443. The predicted molar refractivity (Wildman–Crippen MR) is 81.9 cm³/mol. The molecule has 0 heterocycles. The molecule has 0 spiro atoms. The van der Waals surface area contributed by atoms with E-state index in [1.807, 2.05) is 0 Å². The van der Waals surface area contributed by atoms with Crippen molar-refractivity contribution in [3.05, 3.63) is 64.7 Å². The van der Waals surface area contributed by atoms with Crippen molar-refractivity contribution < 1.29 is 18.5 Å². The first-order valence-electron chi connectivity index (χ1n) is 6.75. The normalized spacial score (nSPS) is 12.0. The lowest BCUT2D eigenvalue weighted by Gasteiger charge is -2.14. The van der Waals surface area contributed by atoms with Gasteiger partial charge in [0.25, 0.3) is 5.91 Å². The van der Waals surface area contributed by atoms with Crippen molar-refractivity contribution in [3.63, 3.8) is 0 Å². The second-order valence-electron chi connectivity index (χ2n) is 5.07. The van der Waals surface area contributed by atoms with Gasteiger partial charge < -0.3 is 10.2 Å². The van der Waals surface area contributed by atoms with E-state index in [4.69, 9.17) is 11.6 Å². The molecule has 0 saturated carbocycles. The van der Waals surface area contributed by atoms with E-state index >= 15 is 0 Å². The van der Waals surface area contributed by atoms with Crippen molar-refractivity contribution in [1.82, 2.24) is 0 Å². The second-order valence-corrected chi connectivity index (χ2v) is 5.51. The predicted octanol–water partition coefficient (Wildman–Crippen LogP) is 2.27. The van der Waals surface area contributed by atoms with Crippen molar-refractivity contribution >= 4 is 23.2 Å². The third kappa shape index (κ3) is 4.51. The Labute approximate surface area is 132 Å². The van der Waals surface area contributed by atoms with Crippen LogP contribution >= 0.6 is 11.6 Å². The summed E-state index contributed by atoms with van der Waals surface area (Å²) in [4.78, 5) is 12.7. The highest BCUT2D eigenvalue weighted by Crippen LogP contribution is 2.19. The van der Waals surface area contributed by atoms with E-state index < -0.39 is 5.82 Å². The van der Waals surface area contributed by atoms with Crippen LogP contribution in [0, 0.1) is 11.6 Å². The summed E-state index contributed by atoms with van der Waals surface area (Å²) in [5, 5.41) is 2.81. The van der Waals surface area contributed by atoms with Gasteiger partial charge in [-0.15, -0.1) is 0 Å². The largest absolute Gasteiger partial charge is 0.326 e. The van der Waals surface area contributed by atoms with Crippen LogP contribution in [0.1, 0.15) is 5.56 Å². The fourth-order valence-corrected chi connectivity index (χ4v) is 2.26. The first-order valence-corrected chi connectivity index (χ1v) is 7.13. The first-order chi connectivity index (χ1) is 10.5. The van der Waals surface area contributed by atoms with E-state index in [0.29, 0.717) is 17.1 Å². The minimum atomic E-state index is -0.551. The van der Waals surface area contributed by atoms with Crippen LogP contribution in [-0.4, -0.2) is 19.5 Å². The fourth-order valence-electron chi connectivity index (χ4n) is 2.09. The molecule has 0 aliphatic rings. The van der Waals surface area contributed by atoms with Gasteiger partial charge in [0.15, 0.2) is 6.54 Å². The highest BCUT2D eigenvalue weighted by Gasteiger charge is 2.14. The average Bonchev–Trinajstić information content (AvgIpc) is 2.45. The van der Waals surface area contributed by atoms with Crippen LogP contribution < -0.4 is 10.2 Å². The smallest absolute Gasteiger partial charge is 0.279 e. The summed E-state index contributed by atoms with van der Waals surface area (Å²) in [5.74, 6) is -1.22. The van der Waals surface area contributed by atoms with Gasteiger partial charge in [-0.25, -0.2) is 8.78 Å². The van der Waals surface area contributed by atoms with Gasteiger partial charge in [-0.1, -0.05) is 29.8 Å². The molecule has 1 unspecified atom stereocenters. The van der Waals surface area contributed by atoms with Crippen molar-refractivity contribution in [3.8, 4) is 0 Å². The topological polar surface area (TPSA) is 33.5 Å². The monoisotopic (exact) mass is 325 g/mol. The second kappa shape index (κ2) is 7.33. The number of rotatable bonds is 5. The van der Waals surface area contributed by atoms with Crippen LogP contribution in [0.5, 0.6) is 0 Å². The van der Waals surface area contributed by atoms with Gasteiger partial charge in [-0.3, -0.25) is 4.79 Å². The molecule has 22 heavy (non-hydrogen) atoms. The quantitative estimate of drug-likeness (QED) is 0.869. The zero-order valence-corrected chi connectivity index (χ0v) is 12.8. The summed E-state index contributed by atoms with van der Waals surface area (Å²) in [5.41, 5.74) is 0.568. The number of likely N-dealkylation sites (N-methyl/N-ethyl adjacent to an activating group) is 1. The number of carbonyl (C=O) groups is 1. The third-order valence-electron chi connectivity index (χ3n) is 3.11. The number of anilines is 1. The molecule has 2 N–H and O–H groups in total. The Kier molecular flexibility index (Phi) is 5.46. The summed E-state index contributed by atoms with van der Waals surface area (Å²) in [6.07, 6.45) is 0. The number of halogens is 3. The zero-order valence-electron chi connectivity index (χ0n) is 12.0. The zero-order chi connectivity index (χ0) is 16.1. The van der Waals surface area contributed by atoms with Crippen LogP contribution in [0.15, 0.2) is 42.5 Å². The maximum Gasteiger partial charge on any atom is 0.279 e. The average molecular weight is 326 g/mol.